The van der Waals surface area contributed by atoms with E-state index in [9.17, 15) is 12.8 Å². The van der Waals surface area contributed by atoms with E-state index in [2.05, 4.69) is 4.72 Å². The molecule has 0 aliphatic carbocycles. The lowest BCUT2D eigenvalue weighted by atomic mass is 10.3. The first kappa shape index (κ1) is 13.9. The second kappa shape index (κ2) is 5.44. The molecule has 1 aromatic rings. The second-order valence-corrected chi connectivity index (χ2v) is 5.41. The number of anilines is 1. The molecule has 0 fully saturated rings. The number of hydrogen-bond acceptors (Lipinski definition) is 4. The number of halogens is 1. The number of methoxy groups -OCH3 is 1. The Morgan fingerprint density at radius 3 is 2.65 bits per heavy atom. The summed E-state index contributed by atoms with van der Waals surface area (Å²) in [5.74, 6) is -0.690. The minimum absolute atomic E-state index is 0.0600. The molecular formula is C10H15FN2O3S. The molecule has 1 aromatic carbocycles. The Balaban J connectivity index is 2.97. The van der Waals surface area contributed by atoms with Crippen molar-refractivity contribution in [1.82, 2.24) is 4.72 Å². The Morgan fingerprint density at radius 2 is 2.12 bits per heavy atom. The summed E-state index contributed by atoms with van der Waals surface area (Å²) in [5.41, 5.74) is 5.45. The first-order valence-corrected chi connectivity index (χ1v) is 6.41. The quantitative estimate of drug-likeness (QED) is 0.766. The standard InChI is InChI=1S/C10H15FN2O3S/c1-7(6-16-2)13-17(14,15)10-4-8(11)3-9(12)5-10/h3-5,7,13H,6,12H2,1-2H3. The fourth-order valence-corrected chi connectivity index (χ4v) is 2.65. The molecule has 0 bridgehead atoms. The van der Waals surface area contributed by atoms with Gasteiger partial charge < -0.3 is 10.5 Å². The zero-order chi connectivity index (χ0) is 13.1. The van der Waals surface area contributed by atoms with Crippen LogP contribution in [0.2, 0.25) is 0 Å². The van der Waals surface area contributed by atoms with E-state index in [1.807, 2.05) is 0 Å². The van der Waals surface area contributed by atoms with Crippen LogP contribution < -0.4 is 10.5 Å². The van der Waals surface area contributed by atoms with Crippen LogP contribution in [-0.2, 0) is 14.8 Å². The van der Waals surface area contributed by atoms with Gasteiger partial charge in [0.1, 0.15) is 5.82 Å². The molecule has 96 valence electrons. The van der Waals surface area contributed by atoms with Gasteiger partial charge in [-0.15, -0.1) is 0 Å². The average molecular weight is 262 g/mol. The summed E-state index contributed by atoms with van der Waals surface area (Å²) in [4.78, 5) is -0.196. The number of nitrogens with two attached hydrogens (primary N) is 1. The van der Waals surface area contributed by atoms with E-state index >= 15 is 0 Å². The third kappa shape index (κ3) is 3.95. The smallest absolute Gasteiger partial charge is 0.241 e. The van der Waals surface area contributed by atoms with Crippen LogP contribution in [0, 0.1) is 5.82 Å². The van der Waals surface area contributed by atoms with Gasteiger partial charge in [-0.2, -0.15) is 0 Å². The summed E-state index contributed by atoms with van der Waals surface area (Å²) in [5, 5.41) is 0. The number of nitrogens with one attached hydrogen (secondary N) is 1. The van der Waals surface area contributed by atoms with Crippen LogP contribution in [0.1, 0.15) is 6.92 Å². The van der Waals surface area contributed by atoms with E-state index in [4.69, 9.17) is 10.5 Å². The topological polar surface area (TPSA) is 81.4 Å². The van der Waals surface area contributed by atoms with E-state index in [-0.39, 0.29) is 17.2 Å². The first-order chi connectivity index (χ1) is 7.85. The van der Waals surface area contributed by atoms with E-state index < -0.39 is 21.9 Å². The van der Waals surface area contributed by atoms with Crippen molar-refractivity contribution in [1.29, 1.82) is 0 Å². The van der Waals surface area contributed by atoms with E-state index in [0.717, 1.165) is 12.1 Å². The highest BCUT2D eigenvalue weighted by Crippen LogP contribution is 2.15. The number of nitrogen functional groups attached to an aromatic ring is 1. The Bertz CT molecular complexity index is 470. The van der Waals surface area contributed by atoms with E-state index in [0.29, 0.717) is 0 Å². The monoisotopic (exact) mass is 262 g/mol. The molecule has 0 spiro atoms. The van der Waals surface area contributed by atoms with Gasteiger partial charge in [-0.25, -0.2) is 17.5 Å². The van der Waals surface area contributed by atoms with Crippen molar-refractivity contribution in [3.8, 4) is 0 Å². The molecule has 0 aliphatic rings. The number of hydrogen-bond donors (Lipinski definition) is 2. The molecular weight excluding hydrogens is 247 g/mol. The maximum absolute atomic E-state index is 13.0. The van der Waals surface area contributed by atoms with Crippen molar-refractivity contribution < 1.29 is 17.5 Å². The summed E-state index contributed by atoms with van der Waals surface area (Å²) in [6.45, 7) is 1.87. The number of benzene rings is 1. The maximum atomic E-state index is 13.0. The molecule has 17 heavy (non-hydrogen) atoms. The van der Waals surface area contributed by atoms with Gasteiger partial charge in [-0.3, -0.25) is 0 Å². The highest BCUT2D eigenvalue weighted by molar-refractivity contribution is 7.89. The van der Waals surface area contributed by atoms with Crippen molar-refractivity contribution in [2.24, 2.45) is 0 Å². The molecule has 0 saturated heterocycles. The van der Waals surface area contributed by atoms with Crippen molar-refractivity contribution in [3.05, 3.63) is 24.0 Å². The summed E-state index contributed by atoms with van der Waals surface area (Å²) in [6, 6.07) is 2.76. The molecule has 0 heterocycles. The lowest BCUT2D eigenvalue weighted by Crippen LogP contribution is -2.35. The Kier molecular flexibility index (Phi) is 4.44. The van der Waals surface area contributed by atoms with Crippen LogP contribution in [0.25, 0.3) is 0 Å². The molecule has 1 unspecified atom stereocenters. The normalized spacial score (nSPS) is 13.6. The van der Waals surface area contributed by atoms with Crippen LogP contribution in [-0.4, -0.2) is 28.2 Å². The van der Waals surface area contributed by atoms with Gasteiger partial charge in [0.15, 0.2) is 0 Å². The SMILES string of the molecule is COCC(C)NS(=O)(=O)c1cc(N)cc(F)c1. The Labute approximate surface area is 99.8 Å². The fraction of sp³-hybridized carbons (Fsp3) is 0.400. The van der Waals surface area contributed by atoms with Gasteiger partial charge in [0, 0.05) is 18.8 Å². The zero-order valence-corrected chi connectivity index (χ0v) is 10.4. The van der Waals surface area contributed by atoms with Crippen molar-refractivity contribution >= 4 is 15.7 Å². The van der Waals surface area contributed by atoms with Crippen LogP contribution in [0.15, 0.2) is 23.1 Å². The number of sulfonamides is 1. The van der Waals surface area contributed by atoms with Crippen LogP contribution in [0.3, 0.4) is 0 Å². The van der Waals surface area contributed by atoms with Crippen LogP contribution in [0.5, 0.6) is 0 Å². The molecule has 0 aromatic heterocycles. The average Bonchev–Trinajstić information content (AvgIpc) is 2.15. The Morgan fingerprint density at radius 1 is 1.47 bits per heavy atom. The third-order valence-electron chi connectivity index (χ3n) is 1.98. The van der Waals surface area contributed by atoms with Gasteiger partial charge in [-0.1, -0.05) is 0 Å². The molecule has 0 aliphatic heterocycles. The van der Waals surface area contributed by atoms with Gasteiger partial charge in [0.25, 0.3) is 0 Å². The Hall–Kier alpha value is -1.18. The summed E-state index contributed by atoms with van der Waals surface area (Å²) in [6.07, 6.45) is 0. The minimum Gasteiger partial charge on any atom is -0.399 e. The molecule has 3 N–H and O–H groups in total. The fourth-order valence-electron chi connectivity index (χ4n) is 1.36. The molecule has 1 atom stereocenters. The molecule has 5 nitrogen and oxygen atoms in total. The van der Waals surface area contributed by atoms with Gasteiger partial charge in [0.2, 0.25) is 10.0 Å². The van der Waals surface area contributed by atoms with E-state index in [1.54, 1.807) is 6.92 Å². The van der Waals surface area contributed by atoms with E-state index in [1.165, 1.54) is 13.2 Å². The lowest BCUT2D eigenvalue weighted by Gasteiger charge is -2.13. The third-order valence-corrected chi connectivity index (χ3v) is 3.55. The predicted octanol–water partition coefficient (Wildman–Crippen LogP) is 0.721. The summed E-state index contributed by atoms with van der Waals surface area (Å²) >= 11 is 0. The maximum Gasteiger partial charge on any atom is 0.241 e. The first-order valence-electron chi connectivity index (χ1n) is 4.92. The van der Waals surface area contributed by atoms with Gasteiger partial charge in [0.05, 0.1) is 11.5 Å². The summed E-state index contributed by atoms with van der Waals surface area (Å²) < 4.78 is 43.9. The highest BCUT2D eigenvalue weighted by Gasteiger charge is 2.18. The van der Waals surface area contributed by atoms with Crippen molar-refractivity contribution in [2.45, 2.75) is 17.9 Å². The van der Waals surface area contributed by atoms with Crippen LogP contribution in [0.4, 0.5) is 10.1 Å². The molecule has 0 radical (unpaired) electrons. The van der Waals surface area contributed by atoms with Gasteiger partial charge in [-0.05, 0) is 25.1 Å². The summed E-state index contributed by atoms with van der Waals surface area (Å²) in [7, 11) is -2.31. The lowest BCUT2D eigenvalue weighted by molar-refractivity contribution is 0.180. The highest BCUT2D eigenvalue weighted by atomic mass is 32.2. The zero-order valence-electron chi connectivity index (χ0n) is 9.60. The molecule has 7 heteroatoms. The predicted molar refractivity (Wildman–Crippen MR) is 62.5 cm³/mol. The van der Waals surface area contributed by atoms with Gasteiger partial charge >= 0.3 is 0 Å². The largest absolute Gasteiger partial charge is 0.399 e. The number of rotatable bonds is 5. The van der Waals surface area contributed by atoms with Crippen LogP contribution >= 0.6 is 0 Å². The molecule has 0 amide bonds. The number of ether oxygens (including phenoxy) is 1. The second-order valence-electron chi connectivity index (χ2n) is 3.70. The molecule has 1 rings (SSSR count). The minimum atomic E-state index is -3.78. The van der Waals surface area contributed by atoms with Crippen molar-refractivity contribution in [2.75, 3.05) is 19.5 Å². The molecule has 0 saturated carbocycles. The van der Waals surface area contributed by atoms with Crippen molar-refractivity contribution in [3.63, 3.8) is 0 Å².